The van der Waals surface area contributed by atoms with E-state index >= 15 is 0 Å². The number of rotatable bonds is 7. The number of nitrogens with one attached hydrogen (secondary N) is 1. The first-order chi connectivity index (χ1) is 11.3. The molecule has 2 aromatic carbocycles. The van der Waals surface area contributed by atoms with E-state index in [-0.39, 0.29) is 0 Å². The molecule has 2 N–H and O–H groups in total. The summed E-state index contributed by atoms with van der Waals surface area (Å²) in [6, 6.07) is 17.6. The van der Waals surface area contributed by atoms with Crippen molar-refractivity contribution in [1.82, 2.24) is 9.55 Å². The SMILES string of the molecule is COCCNc1nc2ccccc2n1C[C@H](O)c1ccccc1. The molecule has 1 heterocycles. The highest BCUT2D eigenvalue weighted by molar-refractivity contribution is 5.78. The number of nitrogens with zero attached hydrogens (tertiary/aromatic N) is 2. The lowest BCUT2D eigenvalue weighted by atomic mass is 10.1. The molecule has 0 saturated carbocycles. The molecule has 3 aromatic rings. The molecule has 23 heavy (non-hydrogen) atoms. The number of aliphatic hydroxyl groups is 1. The Morgan fingerprint density at radius 3 is 2.65 bits per heavy atom. The zero-order valence-corrected chi connectivity index (χ0v) is 13.1. The molecule has 0 fully saturated rings. The summed E-state index contributed by atoms with van der Waals surface area (Å²) in [6.45, 7) is 1.71. The van der Waals surface area contributed by atoms with Gasteiger partial charge in [-0.3, -0.25) is 0 Å². The fourth-order valence-electron chi connectivity index (χ4n) is 2.61. The van der Waals surface area contributed by atoms with Gasteiger partial charge in [0.2, 0.25) is 5.95 Å². The standard InChI is InChI=1S/C18H21N3O2/c1-23-12-11-19-18-20-15-9-5-6-10-16(15)21(18)13-17(22)14-7-3-2-4-8-14/h2-10,17,22H,11-13H2,1H3,(H,19,20)/t17-/m0/s1. The molecule has 5 heteroatoms. The van der Waals surface area contributed by atoms with Crippen LogP contribution in [0.25, 0.3) is 11.0 Å². The molecule has 0 amide bonds. The number of methoxy groups -OCH3 is 1. The van der Waals surface area contributed by atoms with Crippen LogP contribution in [0.3, 0.4) is 0 Å². The molecular weight excluding hydrogens is 290 g/mol. The summed E-state index contributed by atoms with van der Waals surface area (Å²) in [5, 5.41) is 13.8. The first-order valence-corrected chi connectivity index (χ1v) is 7.70. The number of anilines is 1. The van der Waals surface area contributed by atoms with Crippen LogP contribution < -0.4 is 5.32 Å². The number of hydrogen-bond acceptors (Lipinski definition) is 4. The lowest BCUT2D eigenvalue weighted by molar-refractivity contribution is 0.158. The molecule has 0 aliphatic heterocycles. The fraction of sp³-hybridized carbons (Fsp3) is 0.278. The van der Waals surface area contributed by atoms with Gasteiger partial charge in [0.25, 0.3) is 0 Å². The van der Waals surface area contributed by atoms with E-state index in [0.717, 1.165) is 22.5 Å². The molecule has 0 spiro atoms. The van der Waals surface area contributed by atoms with Crippen molar-refractivity contribution >= 4 is 17.0 Å². The predicted molar refractivity (Wildman–Crippen MR) is 91.5 cm³/mol. The number of aromatic nitrogens is 2. The van der Waals surface area contributed by atoms with Crippen LogP contribution in [0.1, 0.15) is 11.7 Å². The zero-order chi connectivity index (χ0) is 16.1. The van der Waals surface area contributed by atoms with Gasteiger partial charge in [0.15, 0.2) is 0 Å². The number of hydrogen-bond donors (Lipinski definition) is 2. The Balaban J connectivity index is 1.89. The van der Waals surface area contributed by atoms with Gasteiger partial charge in [0, 0.05) is 13.7 Å². The summed E-state index contributed by atoms with van der Waals surface area (Å²) in [7, 11) is 1.67. The van der Waals surface area contributed by atoms with Gasteiger partial charge in [-0.2, -0.15) is 0 Å². The Morgan fingerprint density at radius 2 is 1.87 bits per heavy atom. The smallest absolute Gasteiger partial charge is 0.204 e. The molecule has 5 nitrogen and oxygen atoms in total. The second kappa shape index (κ2) is 7.26. The molecule has 0 unspecified atom stereocenters. The molecule has 0 radical (unpaired) electrons. The van der Waals surface area contributed by atoms with Gasteiger partial charge in [-0.15, -0.1) is 0 Å². The van der Waals surface area contributed by atoms with E-state index in [0.29, 0.717) is 19.7 Å². The highest BCUT2D eigenvalue weighted by Crippen LogP contribution is 2.23. The Morgan fingerprint density at radius 1 is 1.13 bits per heavy atom. The number of imidazole rings is 1. The topological polar surface area (TPSA) is 59.3 Å². The third kappa shape index (κ3) is 3.52. The minimum Gasteiger partial charge on any atom is -0.387 e. The minimum atomic E-state index is -0.586. The quantitative estimate of drug-likeness (QED) is 0.659. The highest BCUT2D eigenvalue weighted by Gasteiger charge is 2.15. The zero-order valence-electron chi connectivity index (χ0n) is 13.1. The van der Waals surface area contributed by atoms with Gasteiger partial charge in [-0.05, 0) is 17.7 Å². The Hall–Kier alpha value is -2.37. The second-order valence-corrected chi connectivity index (χ2v) is 5.38. The van der Waals surface area contributed by atoms with Crippen molar-refractivity contribution in [3.63, 3.8) is 0 Å². The van der Waals surface area contributed by atoms with E-state index in [1.54, 1.807) is 7.11 Å². The summed E-state index contributed by atoms with van der Waals surface area (Å²) in [6.07, 6.45) is -0.586. The van der Waals surface area contributed by atoms with E-state index in [1.165, 1.54) is 0 Å². The molecule has 3 rings (SSSR count). The Bertz CT molecular complexity index is 755. The number of aliphatic hydroxyl groups excluding tert-OH is 1. The maximum atomic E-state index is 10.5. The van der Waals surface area contributed by atoms with Crippen molar-refractivity contribution in [1.29, 1.82) is 0 Å². The molecule has 0 saturated heterocycles. The van der Waals surface area contributed by atoms with E-state index in [2.05, 4.69) is 10.3 Å². The van der Waals surface area contributed by atoms with Crippen LogP contribution in [0.4, 0.5) is 5.95 Å². The normalized spacial score (nSPS) is 12.4. The van der Waals surface area contributed by atoms with Gasteiger partial charge < -0.3 is 19.7 Å². The van der Waals surface area contributed by atoms with Gasteiger partial charge in [0.1, 0.15) is 0 Å². The lowest BCUT2D eigenvalue weighted by Crippen LogP contribution is -2.15. The first-order valence-electron chi connectivity index (χ1n) is 7.70. The van der Waals surface area contributed by atoms with E-state index in [4.69, 9.17) is 4.74 Å². The van der Waals surface area contributed by atoms with Gasteiger partial charge in [-0.1, -0.05) is 42.5 Å². The molecule has 0 bridgehead atoms. The van der Waals surface area contributed by atoms with Crippen molar-refractivity contribution in [3.8, 4) is 0 Å². The molecular formula is C18H21N3O2. The van der Waals surface area contributed by atoms with Crippen LogP contribution in [-0.2, 0) is 11.3 Å². The van der Waals surface area contributed by atoms with Crippen molar-refractivity contribution < 1.29 is 9.84 Å². The van der Waals surface area contributed by atoms with E-state index in [1.807, 2.05) is 59.2 Å². The predicted octanol–water partition coefficient (Wildman–Crippen LogP) is 2.83. The lowest BCUT2D eigenvalue weighted by Gasteiger charge is -2.15. The highest BCUT2D eigenvalue weighted by atomic mass is 16.5. The van der Waals surface area contributed by atoms with Gasteiger partial charge in [-0.25, -0.2) is 4.98 Å². The van der Waals surface area contributed by atoms with Crippen molar-refractivity contribution in [2.45, 2.75) is 12.6 Å². The fourth-order valence-corrected chi connectivity index (χ4v) is 2.61. The van der Waals surface area contributed by atoms with Crippen LogP contribution in [0.2, 0.25) is 0 Å². The molecule has 1 atom stereocenters. The molecule has 0 aliphatic rings. The van der Waals surface area contributed by atoms with Crippen molar-refractivity contribution in [3.05, 3.63) is 60.2 Å². The third-order valence-corrected chi connectivity index (χ3v) is 3.78. The van der Waals surface area contributed by atoms with Gasteiger partial charge >= 0.3 is 0 Å². The van der Waals surface area contributed by atoms with Crippen LogP contribution in [-0.4, -0.2) is 34.9 Å². The van der Waals surface area contributed by atoms with Crippen LogP contribution in [0, 0.1) is 0 Å². The Kier molecular flexibility index (Phi) is 4.90. The average molecular weight is 311 g/mol. The number of ether oxygens (including phenoxy) is 1. The molecule has 0 aliphatic carbocycles. The van der Waals surface area contributed by atoms with E-state index in [9.17, 15) is 5.11 Å². The Labute approximate surface area is 135 Å². The number of fused-ring (bicyclic) bond motifs is 1. The summed E-state index contributed by atoms with van der Waals surface area (Å²) in [4.78, 5) is 4.62. The maximum Gasteiger partial charge on any atom is 0.204 e. The summed E-state index contributed by atoms with van der Waals surface area (Å²) < 4.78 is 7.10. The van der Waals surface area contributed by atoms with Crippen LogP contribution in [0.15, 0.2) is 54.6 Å². The molecule has 1 aromatic heterocycles. The number of benzene rings is 2. The third-order valence-electron chi connectivity index (χ3n) is 3.78. The van der Waals surface area contributed by atoms with Crippen LogP contribution in [0.5, 0.6) is 0 Å². The van der Waals surface area contributed by atoms with Gasteiger partial charge in [0.05, 0.1) is 30.3 Å². The maximum absolute atomic E-state index is 10.5. The first kappa shape index (κ1) is 15.5. The van der Waals surface area contributed by atoms with Crippen molar-refractivity contribution in [2.75, 3.05) is 25.6 Å². The summed E-state index contributed by atoms with van der Waals surface area (Å²) in [5.74, 6) is 0.748. The summed E-state index contributed by atoms with van der Waals surface area (Å²) >= 11 is 0. The largest absolute Gasteiger partial charge is 0.387 e. The van der Waals surface area contributed by atoms with Crippen LogP contribution >= 0.6 is 0 Å². The monoisotopic (exact) mass is 311 g/mol. The van der Waals surface area contributed by atoms with E-state index < -0.39 is 6.10 Å². The average Bonchev–Trinajstić information content (AvgIpc) is 2.94. The number of para-hydroxylation sites is 2. The molecule has 120 valence electrons. The second-order valence-electron chi connectivity index (χ2n) is 5.38. The van der Waals surface area contributed by atoms with Crippen molar-refractivity contribution in [2.24, 2.45) is 0 Å². The minimum absolute atomic E-state index is 0.444. The summed E-state index contributed by atoms with van der Waals surface area (Å²) in [5.41, 5.74) is 2.81.